The first kappa shape index (κ1) is 19.0. The molecule has 0 aliphatic heterocycles. The maximum Gasteiger partial charge on any atom is 0.126 e. The zero-order valence-electron chi connectivity index (χ0n) is 15.3. The second-order valence-corrected chi connectivity index (χ2v) is 6.53. The van der Waals surface area contributed by atoms with E-state index in [9.17, 15) is 0 Å². The smallest absolute Gasteiger partial charge is 0.126 e. The summed E-state index contributed by atoms with van der Waals surface area (Å²) in [6.45, 7) is 13.9. The molecule has 1 aromatic rings. The van der Waals surface area contributed by atoms with Gasteiger partial charge in [0.2, 0.25) is 0 Å². The number of hydrogen-bond donors (Lipinski definition) is 1. The number of hydrogen-bond acceptors (Lipinski definition) is 2. The molecule has 0 aromatic heterocycles. The predicted octanol–water partition coefficient (Wildman–Crippen LogP) is 5.60. The highest BCUT2D eigenvalue weighted by Crippen LogP contribution is 2.40. The minimum Gasteiger partial charge on any atom is -0.491 e. The third-order valence-corrected chi connectivity index (χ3v) is 4.97. The minimum atomic E-state index is 0.0625. The van der Waals surface area contributed by atoms with E-state index in [0.717, 1.165) is 25.0 Å². The molecule has 3 unspecified atom stereocenters. The maximum absolute atomic E-state index is 9.16. The van der Waals surface area contributed by atoms with Gasteiger partial charge in [0.1, 0.15) is 12.4 Å². The van der Waals surface area contributed by atoms with Crippen molar-refractivity contribution in [1.82, 2.24) is 0 Å². The highest BCUT2D eigenvalue weighted by atomic mass is 16.5. The van der Waals surface area contributed by atoms with Crippen molar-refractivity contribution in [1.29, 1.82) is 0 Å². The summed E-state index contributed by atoms with van der Waals surface area (Å²) in [4.78, 5) is 0. The molecule has 0 radical (unpaired) electrons. The zero-order valence-corrected chi connectivity index (χ0v) is 15.3. The Kier molecular flexibility index (Phi) is 7.95. The first-order valence-corrected chi connectivity index (χ1v) is 8.91. The summed E-state index contributed by atoms with van der Waals surface area (Å²) in [6, 6.07) is 4.67. The Hall–Kier alpha value is -1.02. The summed E-state index contributed by atoms with van der Waals surface area (Å²) in [5.74, 6) is 2.53. The summed E-state index contributed by atoms with van der Waals surface area (Å²) in [5, 5.41) is 9.16. The monoisotopic (exact) mass is 306 g/mol. The van der Waals surface area contributed by atoms with Gasteiger partial charge in [-0.3, -0.25) is 0 Å². The summed E-state index contributed by atoms with van der Waals surface area (Å²) < 4.78 is 5.98. The normalized spacial score (nSPS) is 15.4. The molecule has 22 heavy (non-hydrogen) atoms. The molecule has 0 saturated carbocycles. The fourth-order valence-electron chi connectivity index (χ4n) is 2.71. The van der Waals surface area contributed by atoms with Crippen molar-refractivity contribution in [2.24, 2.45) is 0 Å². The van der Waals surface area contributed by atoms with Gasteiger partial charge in [0, 0.05) is 0 Å². The lowest BCUT2D eigenvalue weighted by Crippen LogP contribution is -2.10. The van der Waals surface area contributed by atoms with E-state index in [1.807, 2.05) is 0 Å². The minimum absolute atomic E-state index is 0.0625. The average Bonchev–Trinajstić information content (AvgIpc) is 2.56. The molecule has 1 aromatic carbocycles. The van der Waals surface area contributed by atoms with E-state index in [1.54, 1.807) is 0 Å². The van der Waals surface area contributed by atoms with Crippen LogP contribution < -0.4 is 4.74 Å². The van der Waals surface area contributed by atoms with Gasteiger partial charge < -0.3 is 9.84 Å². The SMILES string of the molecule is CCC(C)c1cc(C(C)CC)c(OCCO)c(C(C)CC)c1. The molecule has 2 nitrogen and oxygen atoms in total. The van der Waals surface area contributed by atoms with E-state index < -0.39 is 0 Å². The van der Waals surface area contributed by atoms with Crippen LogP contribution in [0.3, 0.4) is 0 Å². The Morgan fingerprint density at radius 2 is 1.32 bits per heavy atom. The molecule has 0 aliphatic rings. The maximum atomic E-state index is 9.16. The third-order valence-electron chi connectivity index (χ3n) is 4.97. The van der Waals surface area contributed by atoms with Gasteiger partial charge >= 0.3 is 0 Å². The largest absolute Gasteiger partial charge is 0.491 e. The van der Waals surface area contributed by atoms with Crippen molar-refractivity contribution < 1.29 is 9.84 Å². The zero-order chi connectivity index (χ0) is 16.7. The quantitative estimate of drug-likeness (QED) is 0.643. The van der Waals surface area contributed by atoms with Crippen molar-refractivity contribution >= 4 is 0 Å². The van der Waals surface area contributed by atoms with Crippen LogP contribution in [0.25, 0.3) is 0 Å². The second-order valence-electron chi connectivity index (χ2n) is 6.53. The molecule has 2 heteroatoms. The summed E-state index contributed by atoms with van der Waals surface area (Å²) in [6.07, 6.45) is 3.34. The van der Waals surface area contributed by atoms with Gasteiger partial charge in [-0.2, -0.15) is 0 Å². The highest BCUT2D eigenvalue weighted by molar-refractivity contribution is 5.49. The Labute approximate surface area is 136 Å². The van der Waals surface area contributed by atoms with Gasteiger partial charge in [0.25, 0.3) is 0 Å². The van der Waals surface area contributed by atoms with Crippen LogP contribution in [-0.4, -0.2) is 18.3 Å². The van der Waals surface area contributed by atoms with Crippen LogP contribution in [0.15, 0.2) is 12.1 Å². The lowest BCUT2D eigenvalue weighted by Gasteiger charge is -2.25. The molecular weight excluding hydrogens is 272 g/mol. The molecule has 0 aliphatic carbocycles. The Morgan fingerprint density at radius 3 is 1.68 bits per heavy atom. The molecule has 3 atom stereocenters. The Balaban J connectivity index is 3.45. The lowest BCUT2D eigenvalue weighted by molar-refractivity contribution is 0.198. The molecule has 1 N–H and O–H groups in total. The van der Waals surface area contributed by atoms with Crippen molar-refractivity contribution in [2.75, 3.05) is 13.2 Å². The summed E-state index contributed by atoms with van der Waals surface area (Å²) in [5.41, 5.74) is 4.04. The topological polar surface area (TPSA) is 29.5 Å². The molecular formula is C20H34O2. The van der Waals surface area contributed by atoms with Gasteiger partial charge in [0.05, 0.1) is 6.61 Å². The summed E-state index contributed by atoms with van der Waals surface area (Å²) in [7, 11) is 0. The number of aliphatic hydroxyl groups excluding tert-OH is 1. The first-order valence-electron chi connectivity index (χ1n) is 8.91. The van der Waals surface area contributed by atoms with Crippen LogP contribution in [0, 0.1) is 0 Å². The second kappa shape index (κ2) is 9.19. The standard InChI is InChI=1S/C20H34O2/c1-7-14(4)17-12-18(15(5)8-2)20(22-11-10-21)19(13-17)16(6)9-3/h12-16,21H,7-11H2,1-6H3. The van der Waals surface area contributed by atoms with Crippen LogP contribution >= 0.6 is 0 Å². The number of benzene rings is 1. The number of aliphatic hydroxyl groups is 1. The van der Waals surface area contributed by atoms with E-state index in [4.69, 9.17) is 9.84 Å². The van der Waals surface area contributed by atoms with Crippen LogP contribution in [0.4, 0.5) is 0 Å². The number of rotatable bonds is 9. The van der Waals surface area contributed by atoms with Crippen molar-refractivity contribution in [3.05, 3.63) is 28.8 Å². The van der Waals surface area contributed by atoms with Gasteiger partial charge in [-0.05, 0) is 53.7 Å². The molecule has 1 rings (SSSR count). The van der Waals surface area contributed by atoms with Crippen molar-refractivity contribution in [3.63, 3.8) is 0 Å². The van der Waals surface area contributed by atoms with E-state index in [2.05, 4.69) is 53.7 Å². The number of ether oxygens (including phenoxy) is 1. The van der Waals surface area contributed by atoms with Gasteiger partial charge in [-0.25, -0.2) is 0 Å². The molecule has 126 valence electrons. The van der Waals surface area contributed by atoms with Crippen LogP contribution in [0.5, 0.6) is 5.75 Å². The van der Waals surface area contributed by atoms with E-state index in [1.165, 1.54) is 16.7 Å². The predicted molar refractivity (Wildman–Crippen MR) is 95.1 cm³/mol. The molecule has 0 heterocycles. The van der Waals surface area contributed by atoms with E-state index in [0.29, 0.717) is 24.4 Å². The van der Waals surface area contributed by atoms with Gasteiger partial charge in [-0.15, -0.1) is 0 Å². The molecule has 0 saturated heterocycles. The summed E-state index contributed by atoms with van der Waals surface area (Å²) >= 11 is 0. The Bertz CT molecular complexity index is 422. The van der Waals surface area contributed by atoms with Crippen LogP contribution in [0.1, 0.15) is 95.2 Å². The third kappa shape index (κ3) is 4.49. The highest BCUT2D eigenvalue weighted by Gasteiger charge is 2.20. The fourth-order valence-corrected chi connectivity index (χ4v) is 2.71. The lowest BCUT2D eigenvalue weighted by atomic mass is 9.85. The molecule has 0 fully saturated rings. The fraction of sp³-hybridized carbons (Fsp3) is 0.700. The van der Waals surface area contributed by atoms with Crippen LogP contribution in [-0.2, 0) is 0 Å². The Morgan fingerprint density at radius 1 is 0.864 bits per heavy atom. The molecule has 0 amide bonds. The van der Waals surface area contributed by atoms with Crippen molar-refractivity contribution in [3.8, 4) is 5.75 Å². The molecule has 0 spiro atoms. The molecule has 0 bridgehead atoms. The average molecular weight is 306 g/mol. The van der Waals surface area contributed by atoms with Crippen molar-refractivity contribution in [2.45, 2.75) is 78.6 Å². The van der Waals surface area contributed by atoms with E-state index >= 15 is 0 Å². The van der Waals surface area contributed by atoms with Gasteiger partial charge in [-0.1, -0.05) is 53.7 Å². The van der Waals surface area contributed by atoms with E-state index in [-0.39, 0.29) is 6.61 Å². The first-order chi connectivity index (χ1) is 10.5. The van der Waals surface area contributed by atoms with Crippen LogP contribution in [0.2, 0.25) is 0 Å². The van der Waals surface area contributed by atoms with Gasteiger partial charge in [0.15, 0.2) is 0 Å².